The maximum atomic E-state index is 12.7. The third-order valence-corrected chi connectivity index (χ3v) is 8.62. The van der Waals surface area contributed by atoms with E-state index in [1.54, 1.807) is 0 Å². The molecule has 47 heavy (non-hydrogen) atoms. The first-order valence-electron chi connectivity index (χ1n) is 18.4. The number of aliphatic hydroxyl groups is 1. The third-order valence-electron chi connectivity index (χ3n) is 7.64. The van der Waals surface area contributed by atoms with Gasteiger partial charge in [-0.2, -0.15) is 0 Å². The van der Waals surface area contributed by atoms with Gasteiger partial charge >= 0.3 is 7.82 Å². The number of allylic oxidation sites excluding steroid dienone is 10. The lowest BCUT2D eigenvalue weighted by Crippen LogP contribution is -2.46. The molecule has 0 aliphatic carbocycles. The number of carbonyl (C=O) groups excluding carboxylic acids is 1. The first-order valence-corrected chi connectivity index (χ1v) is 19.9. The molecule has 0 saturated heterocycles. The summed E-state index contributed by atoms with van der Waals surface area (Å²) in [6.45, 7) is 4.01. The van der Waals surface area contributed by atoms with Gasteiger partial charge in [-0.3, -0.25) is 13.8 Å². The molecule has 8 nitrogen and oxygen atoms in total. The number of aliphatic hydroxyl groups excluding tert-OH is 1. The smallest absolute Gasteiger partial charge is 0.391 e. The van der Waals surface area contributed by atoms with Crippen LogP contribution in [-0.4, -0.2) is 47.8 Å². The number of unbranched alkanes of at least 4 members (excludes halogenated alkanes) is 11. The van der Waals surface area contributed by atoms with Crippen LogP contribution in [0.25, 0.3) is 0 Å². The van der Waals surface area contributed by atoms with E-state index in [1.807, 2.05) is 0 Å². The van der Waals surface area contributed by atoms with Gasteiger partial charge in [-0.05, 0) is 57.8 Å². The molecule has 0 rings (SSSR count). The quantitative estimate of drug-likeness (QED) is 0.0308. The molecule has 3 unspecified atom stereocenters. The second-order valence-electron chi connectivity index (χ2n) is 12.1. The molecule has 5 N–H and O–H groups in total. The highest BCUT2D eigenvalue weighted by Crippen LogP contribution is 2.43. The average molecular weight is 681 g/mol. The van der Waals surface area contributed by atoms with Crippen LogP contribution >= 0.6 is 7.82 Å². The van der Waals surface area contributed by atoms with Crippen LogP contribution in [0.2, 0.25) is 0 Å². The van der Waals surface area contributed by atoms with Gasteiger partial charge < -0.3 is 21.1 Å². The highest BCUT2D eigenvalue weighted by atomic mass is 31.2. The molecule has 0 saturated carbocycles. The van der Waals surface area contributed by atoms with Crippen molar-refractivity contribution in [3.8, 4) is 0 Å². The van der Waals surface area contributed by atoms with Gasteiger partial charge in [0, 0.05) is 13.0 Å². The minimum absolute atomic E-state index is 0.0797. The largest absolute Gasteiger partial charge is 0.472 e. The Kier molecular flexibility index (Phi) is 32.8. The predicted molar refractivity (Wildman–Crippen MR) is 198 cm³/mol. The zero-order valence-electron chi connectivity index (χ0n) is 29.7. The van der Waals surface area contributed by atoms with Gasteiger partial charge in [-0.25, -0.2) is 4.57 Å². The monoisotopic (exact) mass is 680 g/mol. The molecule has 272 valence electrons. The van der Waals surface area contributed by atoms with Gasteiger partial charge in [-0.1, -0.05) is 139 Å². The number of amides is 1. The summed E-state index contributed by atoms with van der Waals surface area (Å²) in [5, 5.41) is 13.6. The van der Waals surface area contributed by atoms with Crippen LogP contribution < -0.4 is 11.1 Å². The van der Waals surface area contributed by atoms with E-state index in [0.29, 0.717) is 12.8 Å². The lowest BCUT2D eigenvalue weighted by molar-refractivity contribution is -0.123. The fourth-order valence-corrected chi connectivity index (χ4v) is 5.63. The number of nitrogens with one attached hydrogen (secondary N) is 1. The summed E-state index contributed by atoms with van der Waals surface area (Å²) in [6.07, 6.45) is 40.9. The van der Waals surface area contributed by atoms with Crippen molar-refractivity contribution in [3.63, 3.8) is 0 Å². The van der Waals surface area contributed by atoms with Crippen LogP contribution in [0.3, 0.4) is 0 Å². The number of carbonyl (C=O) groups is 1. The van der Waals surface area contributed by atoms with Gasteiger partial charge in [0.2, 0.25) is 5.91 Å². The summed E-state index contributed by atoms with van der Waals surface area (Å²) in [5.41, 5.74) is 5.35. The van der Waals surface area contributed by atoms with Gasteiger partial charge in [-0.15, -0.1) is 0 Å². The first-order chi connectivity index (χ1) is 22.9. The molecule has 0 aromatic carbocycles. The van der Waals surface area contributed by atoms with Gasteiger partial charge in [0.25, 0.3) is 0 Å². The van der Waals surface area contributed by atoms with E-state index >= 15 is 0 Å². The Hall–Kier alpha value is -1.80. The first kappa shape index (κ1) is 45.2. The van der Waals surface area contributed by atoms with Crippen LogP contribution in [0.5, 0.6) is 0 Å². The lowest BCUT2D eigenvalue weighted by atomic mass is 10.0. The number of phosphoric ester groups is 1. The topological polar surface area (TPSA) is 131 Å². The lowest BCUT2D eigenvalue weighted by Gasteiger charge is -2.25. The Morgan fingerprint density at radius 3 is 1.79 bits per heavy atom. The predicted octanol–water partition coefficient (Wildman–Crippen LogP) is 9.55. The molecule has 1 amide bonds. The molecule has 0 aromatic heterocycles. The van der Waals surface area contributed by atoms with Crippen molar-refractivity contribution >= 4 is 13.7 Å². The average Bonchev–Trinajstić information content (AvgIpc) is 3.05. The van der Waals surface area contributed by atoms with Crippen LogP contribution in [0.15, 0.2) is 60.8 Å². The highest BCUT2D eigenvalue weighted by molar-refractivity contribution is 7.47. The van der Waals surface area contributed by atoms with Crippen LogP contribution in [0.1, 0.15) is 142 Å². The summed E-state index contributed by atoms with van der Waals surface area (Å²) < 4.78 is 22.0. The SMILES string of the molecule is CC/C=C\C/C=C\C/C=C\C/C=C\C/C=C\CCCCCC(=O)NC(COP(=O)(O)OCCN)C(O)CCCCCCCCCCC. The molecule has 0 aliphatic rings. The van der Waals surface area contributed by atoms with Crippen LogP contribution in [-0.2, 0) is 18.4 Å². The second kappa shape index (κ2) is 34.1. The Bertz CT molecular complexity index is 918. The number of hydrogen-bond acceptors (Lipinski definition) is 6. The van der Waals surface area contributed by atoms with Crippen molar-refractivity contribution in [1.82, 2.24) is 5.32 Å². The van der Waals surface area contributed by atoms with E-state index < -0.39 is 20.0 Å². The number of nitrogens with two attached hydrogens (primary N) is 1. The molecule has 9 heteroatoms. The zero-order valence-corrected chi connectivity index (χ0v) is 30.6. The molecule has 3 atom stereocenters. The normalized spacial score (nSPS) is 15.1. The Morgan fingerprint density at radius 1 is 0.723 bits per heavy atom. The molecule has 0 bridgehead atoms. The molecule has 0 fully saturated rings. The van der Waals surface area contributed by atoms with Crippen molar-refractivity contribution in [1.29, 1.82) is 0 Å². The highest BCUT2D eigenvalue weighted by Gasteiger charge is 2.27. The molecule has 0 radical (unpaired) electrons. The molecular formula is C38H69N2O6P. The van der Waals surface area contributed by atoms with E-state index in [4.69, 9.17) is 14.8 Å². The van der Waals surface area contributed by atoms with Crippen molar-refractivity contribution in [2.45, 2.75) is 154 Å². The number of rotatable bonds is 33. The summed E-state index contributed by atoms with van der Waals surface area (Å²) in [6, 6.07) is -0.792. The fraction of sp³-hybridized carbons (Fsp3) is 0.711. The maximum Gasteiger partial charge on any atom is 0.472 e. The molecule has 0 aromatic rings. The van der Waals surface area contributed by atoms with E-state index in [9.17, 15) is 19.4 Å². The standard InChI is InChI=1S/C38H69N2O6P/c1-3-5-7-9-11-13-14-15-16-17-18-19-20-21-22-24-26-28-30-32-38(42)40-36(35-46-47(43,44)45-34-33-39)37(41)31-29-27-25-23-12-10-8-6-4-2/h5,7,11,13,15-16,18-19,21-22,36-37,41H,3-4,6,8-10,12,14,17,20,23-35,39H2,1-2H3,(H,40,42)(H,43,44)/b7-5-,13-11-,16-15-,19-18-,22-21-. The molecule has 0 heterocycles. The number of hydrogen-bond donors (Lipinski definition) is 4. The van der Waals surface area contributed by atoms with Crippen molar-refractivity contribution in [2.75, 3.05) is 19.8 Å². The van der Waals surface area contributed by atoms with Crippen molar-refractivity contribution in [3.05, 3.63) is 60.8 Å². The molecule has 0 aliphatic heterocycles. The van der Waals surface area contributed by atoms with Crippen molar-refractivity contribution in [2.24, 2.45) is 5.73 Å². The van der Waals surface area contributed by atoms with Gasteiger partial charge in [0.15, 0.2) is 0 Å². The molecular weight excluding hydrogens is 611 g/mol. The van der Waals surface area contributed by atoms with Crippen LogP contribution in [0, 0.1) is 0 Å². The Morgan fingerprint density at radius 2 is 1.23 bits per heavy atom. The fourth-order valence-electron chi connectivity index (χ4n) is 4.87. The van der Waals surface area contributed by atoms with Crippen molar-refractivity contribution < 1.29 is 28.4 Å². The Balaban J connectivity index is 4.30. The minimum Gasteiger partial charge on any atom is -0.391 e. The maximum absolute atomic E-state index is 12.7. The summed E-state index contributed by atoms with van der Waals surface area (Å²) >= 11 is 0. The summed E-state index contributed by atoms with van der Waals surface area (Å²) in [5.74, 6) is -0.199. The second-order valence-corrected chi connectivity index (χ2v) is 13.5. The third kappa shape index (κ3) is 32.5. The van der Waals surface area contributed by atoms with Gasteiger partial charge in [0.1, 0.15) is 0 Å². The van der Waals surface area contributed by atoms with E-state index in [2.05, 4.69) is 79.9 Å². The summed E-state index contributed by atoms with van der Waals surface area (Å²) in [4.78, 5) is 22.6. The van der Waals surface area contributed by atoms with Crippen LogP contribution in [0.4, 0.5) is 0 Å². The van der Waals surface area contributed by atoms with E-state index in [1.165, 1.54) is 38.5 Å². The zero-order chi connectivity index (χ0) is 34.7. The molecule has 0 spiro atoms. The Labute approximate surface area is 287 Å². The summed E-state index contributed by atoms with van der Waals surface area (Å²) in [7, 11) is -4.32. The van der Waals surface area contributed by atoms with E-state index in [-0.39, 0.29) is 25.7 Å². The number of phosphoric acid groups is 1. The van der Waals surface area contributed by atoms with E-state index in [0.717, 1.165) is 77.0 Å². The van der Waals surface area contributed by atoms with Gasteiger partial charge in [0.05, 0.1) is 25.4 Å². The minimum atomic E-state index is -4.32.